The molecule has 1 N–H and O–H groups in total. The maximum atomic E-state index is 5.97. The highest BCUT2D eigenvalue weighted by atomic mass is 16.5. The highest BCUT2D eigenvalue weighted by Crippen LogP contribution is 2.26. The van der Waals surface area contributed by atoms with Crippen LogP contribution >= 0.6 is 0 Å². The zero-order valence-corrected chi connectivity index (χ0v) is 13.0. The van der Waals surface area contributed by atoms with Gasteiger partial charge in [-0.3, -0.25) is 0 Å². The number of aryl methyl sites for hydroxylation is 1. The maximum absolute atomic E-state index is 5.97. The van der Waals surface area contributed by atoms with Gasteiger partial charge < -0.3 is 15.0 Å². The molecule has 3 heteroatoms. The van der Waals surface area contributed by atoms with Gasteiger partial charge in [0, 0.05) is 18.2 Å². The van der Waals surface area contributed by atoms with Crippen LogP contribution in [0.3, 0.4) is 0 Å². The van der Waals surface area contributed by atoms with Gasteiger partial charge in [0.15, 0.2) is 0 Å². The first-order chi connectivity index (χ1) is 9.12. The summed E-state index contributed by atoms with van der Waals surface area (Å²) in [6, 6.07) is 6.70. The van der Waals surface area contributed by atoms with Crippen LogP contribution in [0.25, 0.3) is 0 Å². The number of benzene rings is 1. The lowest BCUT2D eigenvalue weighted by Crippen LogP contribution is -2.28. The molecule has 0 radical (unpaired) electrons. The molecule has 0 spiro atoms. The molecule has 0 aliphatic heterocycles. The lowest BCUT2D eigenvalue weighted by molar-refractivity contribution is 0.221. The van der Waals surface area contributed by atoms with Crippen molar-refractivity contribution in [3.63, 3.8) is 0 Å². The molecule has 0 fully saturated rings. The van der Waals surface area contributed by atoms with Crippen LogP contribution in [0.15, 0.2) is 18.2 Å². The van der Waals surface area contributed by atoms with Gasteiger partial charge in [-0.25, -0.2) is 0 Å². The molecule has 0 heterocycles. The summed E-state index contributed by atoms with van der Waals surface area (Å²) in [4.78, 5) is 2.37. The van der Waals surface area contributed by atoms with E-state index in [-0.39, 0.29) is 0 Å². The van der Waals surface area contributed by atoms with Crippen molar-refractivity contribution < 1.29 is 4.74 Å². The minimum atomic E-state index is 0.309. The molecule has 19 heavy (non-hydrogen) atoms. The Labute approximate surface area is 118 Å². The monoisotopic (exact) mass is 264 g/mol. The fourth-order valence-electron chi connectivity index (χ4n) is 2.12. The Morgan fingerprint density at radius 2 is 1.95 bits per heavy atom. The van der Waals surface area contributed by atoms with E-state index in [9.17, 15) is 0 Å². The summed E-state index contributed by atoms with van der Waals surface area (Å²) >= 11 is 0. The molecule has 3 nitrogen and oxygen atoms in total. The SMILES string of the molecule is CCN(CC)CCOc1ccc(C)cc1C(C)NC. The number of hydrogen-bond donors (Lipinski definition) is 1. The molecular weight excluding hydrogens is 236 g/mol. The number of ether oxygens (including phenoxy) is 1. The summed E-state index contributed by atoms with van der Waals surface area (Å²) in [5, 5.41) is 3.28. The third-order valence-electron chi connectivity index (χ3n) is 3.62. The molecule has 1 atom stereocenters. The first-order valence-corrected chi connectivity index (χ1v) is 7.25. The van der Waals surface area contributed by atoms with E-state index in [0.29, 0.717) is 6.04 Å². The second kappa shape index (κ2) is 8.18. The minimum absolute atomic E-state index is 0.309. The van der Waals surface area contributed by atoms with E-state index in [1.807, 2.05) is 7.05 Å². The predicted molar refractivity (Wildman–Crippen MR) is 81.9 cm³/mol. The Morgan fingerprint density at radius 1 is 1.26 bits per heavy atom. The number of likely N-dealkylation sites (N-methyl/N-ethyl adjacent to an activating group) is 1. The van der Waals surface area contributed by atoms with Gasteiger partial charge in [-0.1, -0.05) is 31.5 Å². The van der Waals surface area contributed by atoms with Gasteiger partial charge >= 0.3 is 0 Å². The molecule has 1 aromatic carbocycles. The van der Waals surface area contributed by atoms with Crippen molar-refractivity contribution in [1.82, 2.24) is 10.2 Å². The molecule has 0 aliphatic carbocycles. The van der Waals surface area contributed by atoms with Crippen molar-refractivity contribution >= 4 is 0 Å². The normalized spacial score (nSPS) is 12.7. The highest BCUT2D eigenvalue weighted by Gasteiger charge is 2.10. The summed E-state index contributed by atoms with van der Waals surface area (Å²) < 4.78 is 5.97. The average molecular weight is 264 g/mol. The zero-order chi connectivity index (χ0) is 14.3. The Balaban J connectivity index is 2.67. The van der Waals surface area contributed by atoms with Crippen LogP contribution in [0.2, 0.25) is 0 Å². The number of rotatable bonds is 8. The molecule has 1 unspecified atom stereocenters. The fraction of sp³-hybridized carbons (Fsp3) is 0.625. The quantitative estimate of drug-likeness (QED) is 0.781. The topological polar surface area (TPSA) is 24.5 Å². The third-order valence-corrected chi connectivity index (χ3v) is 3.62. The van der Waals surface area contributed by atoms with Gasteiger partial charge in [-0.2, -0.15) is 0 Å². The third kappa shape index (κ3) is 4.84. The van der Waals surface area contributed by atoms with Crippen molar-refractivity contribution in [1.29, 1.82) is 0 Å². The maximum Gasteiger partial charge on any atom is 0.124 e. The highest BCUT2D eigenvalue weighted by molar-refractivity contribution is 5.38. The summed E-state index contributed by atoms with van der Waals surface area (Å²) in [6.07, 6.45) is 0. The first kappa shape index (κ1) is 16.0. The standard InChI is InChI=1S/C16H28N2O/c1-6-18(7-2)10-11-19-16-9-8-13(3)12-15(16)14(4)17-5/h8-9,12,14,17H,6-7,10-11H2,1-5H3. The van der Waals surface area contributed by atoms with Gasteiger partial charge in [0.1, 0.15) is 12.4 Å². The van der Waals surface area contributed by atoms with Gasteiger partial charge in [0.2, 0.25) is 0 Å². The summed E-state index contributed by atoms with van der Waals surface area (Å²) in [6.45, 7) is 12.5. The van der Waals surface area contributed by atoms with Crippen LogP contribution in [0.5, 0.6) is 5.75 Å². The van der Waals surface area contributed by atoms with Crippen LogP contribution in [0.1, 0.15) is 37.9 Å². The Morgan fingerprint density at radius 3 is 2.53 bits per heavy atom. The van der Waals surface area contributed by atoms with E-state index < -0.39 is 0 Å². The smallest absolute Gasteiger partial charge is 0.124 e. The molecule has 0 saturated heterocycles. The summed E-state index contributed by atoms with van der Waals surface area (Å²) in [5.74, 6) is 1.000. The van der Waals surface area contributed by atoms with Crippen molar-refractivity contribution in [2.75, 3.05) is 33.3 Å². The lowest BCUT2D eigenvalue weighted by Gasteiger charge is -2.20. The minimum Gasteiger partial charge on any atom is -0.492 e. The van der Waals surface area contributed by atoms with E-state index in [0.717, 1.165) is 32.0 Å². The predicted octanol–water partition coefficient (Wildman–Crippen LogP) is 3.00. The van der Waals surface area contributed by atoms with E-state index in [4.69, 9.17) is 4.74 Å². The Kier molecular flexibility index (Phi) is 6.89. The second-order valence-electron chi connectivity index (χ2n) is 4.93. The molecule has 108 valence electrons. The first-order valence-electron chi connectivity index (χ1n) is 7.25. The molecule has 0 bridgehead atoms. The van der Waals surface area contributed by atoms with Gasteiger partial charge in [-0.15, -0.1) is 0 Å². The van der Waals surface area contributed by atoms with Crippen LogP contribution in [0, 0.1) is 6.92 Å². The van der Waals surface area contributed by atoms with Crippen LogP contribution in [-0.4, -0.2) is 38.2 Å². The molecule has 1 aromatic rings. The van der Waals surface area contributed by atoms with E-state index >= 15 is 0 Å². The van der Waals surface area contributed by atoms with Crippen molar-refractivity contribution in [3.05, 3.63) is 29.3 Å². The van der Waals surface area contributed by atoms with Crippen molar-refractivity contribution in [2.24, 2.45) is 0 Å². The zero-order valence-electron chi connectivity index (χ0n) is 13.0. The van der Waals surface area contributed by atoms with Crippen LogP contribution in [0.4, 0.5) is 0 Å². The van der Waals surface area contributed by atoms with Gasteiger partial charge in [0.25, 0.3) is 0 Å². The Bertz CT molecular complexity index is 375. The summed E-state index contributed by atoms with van der Waals surface area (Å²) in [7, 11) is 1.98. The molecule has 0 aromatic heterocycles. The summed E-state index contributed by atoms with van der Waals surface area (Å²) in [5.41, 5.74) is 2.51. The van der Waals surface area contributed by atoms with Crippen LogP contribution in [-0.2, 0) is 0 Å². The second-order valence-corrected chi connectivity index (χ2v) is 4.93. The largest absolute Gasteiger partial charge is 0.492 e. The van der Waals surface area contributed by atoms with Gasteiger partial charge in [-0.05, 0) is 40.1 Å². The van der Waals surface area contributed by atoms with Gasteiger partial charge in [0.05, 0.1) is 0 Å². The number of hydrogen-bond acceptors (Lipinski definition) is 3. The number of nitrogens with zero attached hydrogens (tertiary/aromatic N) is 1. The average Bonchev–Trinajstić information content (AvgIpc) is 2.44. The molecular formula is C16H28N2O. The van der Waals surface area contributed by atoms with E-state index in [2.05, 4.69) is 56.1 Å². The fourth-order valence-corrected chi connectivity index (χ4v) is 2.12. The van der Waals surface area contributed by atoms with Crippen molar-refractivity contribution in [2.45, 2.75) is 33.7 Å². The van der Waals surface area contributed by atoms with Crippen molar-refractivity contribution in [3.8, 4) is 5.75 Å². The molecule has 0 amide bonds. The lowest BCUT2D eigenvalue weighted by atomic mass is 10.0. The molecule has 0 aliphatic rings. The Hall–Kier alpha value is -1.06. The van der Waals surface area contributed by atoms with E-state index in [1.165, 1.54) is 11.1 Å². The molecule has 1 rings (SSSR count). The molecule has 0 saturated carbocycles. The van der Waals surface area contributed by atoms with Crippen LogP contribution < -0.4 is 10.1 Å². The van der Waals surface area contributed by atoms with E-state index in [1.54, 1.807) is 0 Å². The number of nitrogens with one attached hydrogen (secondary N) is 1.